The van der Waals surface area contributed by atoms with Crippen molar-refractivity contribution in [3.63, 3.8) is 0 Å². The van der Waals surface area contributed by atoms with E-state index in [1.165, 1.54) is 5.56 Å². The molecule has 1 atom stereocenters. The van der Waals surface area contributed by atoms with E-state index in [0.29, 0.717) is 0 Å². The lowest BCUT2D eigenvalue weighted by Crippen LogP contribution is -2.22. The van der Waals surface area contributed by atoms with Gasteiger partial charge in [0.1, 0.15) is 0 Å². The molecule has 1 nitrogen and oxygen atoms in total. The Hall–Kier alpha value is -1.81. The zero-order valence-corrected chi connectivity index (χ0v) is 12.1. The Morgan fingerprint density at radius 2 is 1.52 bits per heavy atom. The van der Waals surface area contributed by atoms with Crippen LogP contribution in [-0.2, 0) is 12.7 Å². The summed E-state index contributed by atoms with van der Waals surface area (Å²) in [5, 5.41) is 0. The fraction of sp³-hybridized carbons (Fsp3) is 0.294. The van der Waals surface area contributed by atoms with Crippen LogP contribution in [0.5, 0.6) is 0 Å². The molecule has 0 aliphatic rings. The van der Waals surface area contributed by atoms with Crippen LogP contribution in [0.2, 0.25) is 0 Å². The molecule has 0 heterocycles. The number of nitrogens with zero attached hydrogens (tertiary/aromatic N) is 1. The molecule has 2 aromatic carbocycles. The molecule has 0 aliphatic heterocycles. The summed E-state index contributed by atoms with van der Waals surface area (Å²) >= 11 is 0. The SMILES string of the molecule is CC(c1ccc(C(F)(F)F)cc1)N(C)Cc1ccccc1. The van der Waals surface area contributed by atoms with E-state index in [1.54, 1.807) is 12.1 Å². The highest BCUT2D eigenvalue weighted by atomic mass is 19.4. The molecule has 1 unspecified atom stereocenters. The van der Waals surface area contributed by atoms with E-state index < -0.39 is 11.7 Å². The first-order chi connectivity index (χ1) is 9.88. The molecular formula is C17H18F3N. The zero-order chi connectivity index (χ0) is 15.5. The molecule has 0 fully saturated rings. The van der Waals surface area contributed by atoms with Crippen LogP contribution in [0, 0.1) is 0 Å². The Kier molecular flexibility index (Phi) is 4.68. The molecule has 4 heteroatoms. The molecule has 0 bridgehead atoms. The highest BCUT2D eigenvalue weighted by Crippen LogP contribution is 2.30. The molecular weight excluding hydrogens is 275 g/mol. The van der Waals surface area contributed by atoms with Gasteiger partial charge < -0.3 is 0 Å². The Morgan fingerprint density at radius 3 is 2.05 bits per heavy atom. The van der Waals surface area contributed by atoms with Gasteiger partial charge in [-0.1, -0.05) is 42.5 Å². The van der Waals surface area contributed by atoms with Crippen molar-refractivity contribution in [1.29, 1.82) is 0 Å². The molecule has 0 amide bonds. The molecule has 0 N–H and O–H groups in total. The minimum absolute atomic E-state index is 0.0486. The van der Waals surface area contributed by atoms with E-state index in [2.05, 4.69) is 4.90 Å². The van der Waals surface area contributed by atoms with Crippen LogP contribution in [0.1, 0.15) is 29.7 Å². The van der Waals surface area contributed by atoms with Crippen LogP contribution in [-0.4, -0.2) is 11.9 Å². The van der Waals surface area contributed by atoms with Crippen LogP contribution in [0.4, 0.5) is 13.2 Å². The first-order valence-corrected chi connectivity index (χ1v) is 6.79. The second kappa shape index (κ2) is 6.31. The topological polar surface area (TPSA) is 3.24 Å². The summed E-state index contributed by atoms with van der Waals surface area (Å²) in [6, 6.07) is 15.4. The van der Waals surface area contributed by atoms with Gasteiger partial charge in [0.25, 0.3) is 0 Å². The summed E-state index contributed by atoms with van der Waals surface area (Å²) in [5.74, 6) is 0. The molecule has 0 saturated carbocycles. The highest BCUT2D eigenvalue weighted by Gasteiger charge is 2.30. The lowest BCUT2D eigenvalue weighted by molar-refractivity contribution is -0.137. The summed E-state index contributed by atoms with van der Waals surface area (Å²) in [7, 11) is 1.97. The summed E-state index contributed by atoms with van der Waals surface area (Å²) in [6.07, 6.45) is -4.28. The normalized spacial score (nSPS) is 13.4. The maximum absolute atomic E-state index is 12.6. The maximum Gasteiger partial charge on any atom is 0.416 e. The third-order valence-electron chi connectivity index (χ3n) is 3.66. The van der Waals surface area contributed by atoms with Gasteiger partial charge in [-0.25, -0.2) is 0 Å². The number of benzene rings is 2. The van der Waals surface area contributed by atoms with Gasteiger partial charge in [-0.15, -0.1) is 0 Å². The van der Waals surface area contributed by atoms with Gasteiger partial charge in [0.05, 0.1) is 5.56 Å². The summed E-state index contributed by atoms with van der Waals surface area (Å²) in [5.41, 5.74) is 1.45. The van der Waals surface area contributed by atoms with Gasteiger partial charge >= 0.3 is 6.18 Å². The first kappa shape index (κ1) is 15.6. The fourth-order valence-corrected chi connectivity index (χ4v) is 2.21. The third-order valence-corrected chi connectivity index (χ3v) is 3.66. The van der Waals surface area contributed by atoms with Gasteiger partial charge in [-0.2, -0.15) is 13.2 Å². The van der Waals surface area contributed by atoms with Crippen LogP contribution < -0.4 is 0 Å². The quantitative estimate of drug-likeness (QED) is 0.775. The van der Waals surface area contributed by atoms with Crippen LogP contribution in [0.15, 0.2) is 54.6 Å². The number of halogens is 3. The summed E-state index contributed by atoms with van der Waals surface area (Å²) in [6.45, 7) is 2.74. The molecule has 0 aliphatic carbocycles. The molecule has 2 rings (SSSR count). The van der Waals surface area contributed by atoms with E-state index in [4.69, 9.17) is 0 Å². The fourth-order valence-electron chi connectivity index (χ4n) is 2.21. The average Bonchev–Trinajstić information content (AvgIpc) is 2.46. The van der Waals surface area contributed by atoms with Gasteiger partial charge in [-0.05, 0) is 37.2 Å². The highest BCUT2D eigenvalue weighted by molar-refractivity contribution is 5.26. The minimum Gasteiger partial charge on any atom is -0.295 e. The van der Waals surface area contributed by atoms with Gasteiger partial charge in [0.15, 0.2) is 0 Å². The van der Waals surface area contributed by atoms with Crippen LogP contribution in [0.3, 0.4) is 0 Å². The molecule has 0 saturated heterocycles. The Morgan fingerprint density at radius 1 is 0.952 bits per heavy atom. The average molecular weight is 293 g/mol. The van der Waals surface area contributed by atoms with Crippen molar-refractivity contribution in [3.8, 4) is 0 Å². The Labute approximate surface area is 123 Å². The Bertz CT molecular complexity index is 561. The standard InChI is InChI=1S/C17H18F3N/c1-13(21(2)12-14-6-4-3-5-7-14)15-8-10-16(11-9-15)17(18,19)20/h3-11,13H,12H2,1-2H3. The lowest BCUT2D eigenvalue weighted by atomic mass is 10.0. The van der Waals surface area contributed by atoms with Crippen molar-refractivity contribution in [3.05, 3.63) is 71.3 Å². The first-order valence-electron chi connectivity index (χ1n) is 6.79. The monoisotopic (exact) mass is 293 g/mol. The lowest BCUT2D eigenvalue weighted by Gasteiger charge is -2.25. The van der Waals surface area contributed by atoms with Crippen LogP contribution in [0.25, 0.3) is 0 Å². The number of alkyl halides is 3. The number of hydrogen-bond acceptors (Lipinski definition) is 1. The van der Waals surface area contributed by atoms with E-state index in [1.807, 2.05) is 44.3 Å². The molecule has 2 aromatic rings. The molecule has 0 aromatic heterocycles. The van der Waals surface area contributed by atoms with Crippen molar-refractivity contribution in [1.82, 2.24) is 4.90 Å². The van der Waals surface area contributed by atoms with Crippen LogP contribution >= 0.6 is 0 Å². The summed E-state index contributed by atoms with van der Waals surface area (Å²) < 4.78 is 37.7. The third kappa shape index (κ3) is 4.08. The largest absolute Gasteiger partial charge is 0.416 e. The second-order valence-corrected chi connectivity index (χ2v) is 5.20. The van der Waals surface area contributed by atoms with E-state index in [9.17, 15) is 13.2 Å². The molecule has 0 radical (unpaired) electrons. The molecule has 21 heavy (non-hydrogen) atoms. The Balaban J connectivity index is 2.07. The minimum atomic E-state index is -4.28. The zero-order valence-electron chi connectivity index (χ0n) is 12.1. The van der Waals surface area contributed by atoms with Gasteiger partial charge in [0.2, 0.25) is 0 Å². The summed E-state index contributed by atoms with van der Waals surface area (Å²) in [4.78, 5) is 2.11. The van der Waals surface area contributed by atoms with Crippen molar-refractivity contribution in [2.24, 2.45) is 0 Å². The molecule has 0 spiro atoms. The van der Waals surface area contributed by atoms with E-state index in [-0.39, 0.29) is 6.04 Å². The van der Waals surface area contributed by atoms with Gasteiger partial charge in [0, 0.05) is 12.6 Å². The number of hydrogen-bond donors (Lipinski definition) is 0. The van der Waals surface area contributed by atoms with E-state index in [0.717, 1.165) is 24.2 Å². The maximum atomic E-state index is 12.6. The van der Waals surface area contributed by atoms with Crippen molar-refractivity contribution < 1.29 is 13.2 Å². The van der Waals surface area contributed by atoms with Gasteiger partial charge in [-0.3, -0.25) is 4.90 Å². The molecule has 112 valence electrons. The van der Waals surface area contributed by atoms with E-state index >= 15 is 0 Å². The predicted octanol–water partition coefficient (Wildman–Crippen LogP) is 4.90. The van der Waals surface area contributed by atoms with Crippen molar-refractivity contribution in [2.45, 2.75) is 25.7 Å². The van der Waals surface area contributed by atoms with Crippen molar-refractivity contribution >= 4 is 0 Å². The predicted molar refractivity (Wildman–Crippen MR) is 77.8 cm³/mol. The number of rotatable bonds is 4. The second-order valence-electron chi connectivity index (χ2n) is 5.20. The smallest absolute Gasteiger partial charge is 0.295 e. The van der Waals surface area contributed by atoms with Crippen molar-refractivity contribution in [2.75, 3.05) is 7.05 Å².